The van der Waals surface area contributed by atoms with Crippen LogP contribution in [0.1, 0.15) is 24.3 Å². The van der Waals surface area contributed by atoms with Crippen molar-refractivity contribution in [2.24, 2.45) is 0 Å². The van der Waals surface area contributed by atoms with Crippen LogP contribution in [0.4, 0.5) is 5.69 Å². The summed E-state index contributed by atoms with van der Waals surface area (Å²) in [6.07, 6.45) is 7.42. The maximum atomic E-state index is 6.00. The van der Waals surface area contributed by atoms with Crippen LogP contribution in [0, 0.1) is 0 Å². The summed E-state index contributed by atoms with van der Waals surface area (Å²) in [6, 6.07) is 8.66. The first-order valence-electron chi connectivity index (χ1n) is 6.08. The summed E-state index contributed by atoms with van der Waals surface area (Å²) in [5.41, 5.74) is 2.33. The van der Waals surface area contributed by atoms with E-state index < -0.39 is 0 Å². The fraction of sp³-hybridized carbons (Fsp3) is 0.286. The lowest BCUT2D eigenvalue weighted by Crippen LogP contribution is -2.34. The number of nitrogens with one attached hydrogen (secondary N) is 1. The third-order valence-corrected chi connectivity index (χ3v) is 3.62. The molecule has 4 heteroatoms. The molecule has 0 radical (unpaired) electrons. The number of aromatic nitrogens is 2. The molecule has 1 heterocycles. The van der Waals surface area contributed by atoms with Gasteiger partial charge in [-0.2, -0.15) is 0 Å². The van der Waals surface area contributed by atoms with Crippen LogP contribution in [-0.4, -0.2) is 16.0 Å². The van der Waals surface area contributed by atoms with Gasteiger partial charge in [0.05, 0.1) is 18.1 Å². The molecule has 1 fully saturated rings. The van der Waals surface area contributed by atoms with Crippen molar-refractivity contribution in [1.82, 2.24) is 9.97 Å². The molecule has 18 heavy (non-hydrogen) atoms. The zero-order valence-electron chi connectivity index (χ0n) is 9.88. The quantitative estimate of drug-likeness (QED) is 0.917. The Kier molecular flexibility index (Phi) is 3.15. The highest BCUT2D eigenvalue weighted by atomic mass is 35.5. The van der Waals surface area contributed by atoms with Crippen molar-refractivity contribution in [3.05, 3.63) is 53.6 Å². The highest BCUT2D eigenvalue weighted by Crippen LogP contribution is 2.38. The molecule has 3 nitrogen and oxygen atoms in total. The van der Waals surface area contributed by atoms with Crippen molar-refractivity contribution in [2.75, 3.05) is 5.32 Å². The molecule has 0 saturated heterocycles. The Labute approximate surface area is 111 Å². The van der Waals surface area contributed by atoms with Gasteiger partial charge in [-0.25, -0.2) is 9.97 Å². The molecule has 0 unspecified atom stereocenters. The van der Waals surface area contributed by atoms with Crippen LogP contribution in [0.25, 0.3) is 0 Å². The summed E-state index contributed by atoms with van der Waals surface area (Å²) in [5, 5.41) is 4.25. The van der Waals surface area contributed by atoms with Gasteiger partial charge in [0, 0.05) is 11.1 Å². The average Bonchev–Trinajstić information content (AvgIpc) is 2.34. The Hall–Kier alpha value is -1.61. The molecule has 0 atom stereocenters. The second-order valence-electron chi connectivity index (χ2n) is 4.69. The van der Waals surface area contributed by atoms with Gasteiger partial charge < -0.3 is 5.32 Å². The first-order valence-corrected chi connectivity index (χ1v) is 6.46. The Balaban J connectivity index is 1.57. The van der Waals surface area contributed by atoms with Gasteiger partial charge in [0.15, 0.2) is 0 Å². The Morgan fingerprint density at radius 3 is 2.67 bits per heavy atom. The van der Waals surface area contributed by atoms with Gasteiger partial charge in [0.2, 0.25) is 0 Å². The highest BCUT2D eigenvalue weighted by Gasteiger charge is 2.30. The number of halogens is 1. The molecule has 1 N–H and O–H groups in total. The average molecular weight is 260 g/mol. The zero-order chi connectivity index (χ0) is 12.4. The predicted molar refractivity (Wildman–Crippen MR) is 72.9 cm³/mol. The molecule has 1 aliphatic rings. The van der Waals surface area contributed by atoms with E-state index in [1.165, 1.54) is 5.56 Å². The number of benzene rings is 1. The van der Waals surface area contributed by atoms with Crippen molar-refractivity contribution >= 4 is 17.3 Å². The molecule has 1 aromatic carbocycles. The number of hydrogen-bond acceptors (Lipinski definition) is 3. The van der Waals surface area contributed by atoms with Gasteiger partial charge in [0.1, 0.15) is 6.33 Å². The van der Waals surface area contributed by atoms with Crippen LogP contribution >= 0.6 is 11.6 Å². The Morgan fingerprint density at radius 2 is 1.94 bits per heavy atom. The minimum absolute atomic E-state index is 0.514. The number of hydrogen-bond donors (Lipinski definition) is 1. The third kappa shape index (κ3) is 2.46. The number of nitrogens with zero attached hydrogens (tertiary/aromatic N) is 2. The molecule has 1 saturated carbocycles. The van der Waals surface area contributed by atoms with Crippen molar-refractivity contribution < 1.29 is 0 Å². The van der Waals surface area contributed by atoms with E-state index in [0.717, 1.165) is 23.6 Å². The van der Waals surface area contributed by atoms with Crippen LogP contribution in [0.5, 0.6) is 0 Å². The Bertz CT molecular complexity index is 524. The zero-order valence-corrected chi connectivity index (χ0v) is 10.6. The SMILES string of the molecule is Clc1cccc(C2CC(Nc3cncnc3)C2)c1. The van der Waals surface area contributed by atoms with E-state index in [1.807, 2.05) is 12.1 Å². The summed E-state index contributed by atoms with van der Waals surface area (Å²) in [6.45, 7) is 0. The molecule has 0 aliphatic heterocycles. The number of rotatable bonds is 3. The van der Waals surface area contributed by atoms with Crippen molar-refractivity contribution in [2.45, 2.75) is 24.8 Å². The second kappa shape index (κ2) is 4.94. The lowest BCUT2D eigenvalue weighted by molar-refractivity contribution is 0.374. The lowest BCUT2D eigenvalue weighted by atomic mass is 9.76. The van der Waals surface area contributed by atoms with Crippen LogP contribution in [0.15, 0.2) is 43.0 Å². The minimum Gasteiger partial charge on any atom is -0.380 e. The molecule has 3 rings (SSSR count). The maximum Gasteiger partial charge on any atom is 0.115 e. The molecular weight excluding hydrogens is 246 g/mol. The largest absolute Gasteiger partial charge is 0.380 e. The van der Waals surface area contributed by atoms with E-state index in [0.29, 0.717) is 12.0 Å². The predicted octanol–water partition coefficient (Wildman–Crippen LogP) is 3.49. The van der Waals surface area contributed by atoms with Crippen LogP contribution in [0.2, 0.25) is 5.02 Å². The summed E-state index contributed by atoms with van der Waals surface area (Å²) >= 11 is 6.00. The summed E-state index contributed by atoms with van der Waals surface area (Å²) in [4.78, 5) is 7.99. The van der Waals surface area contributed by atoms with E-state index in [2.05, 4.69) is 27.4 Å². The van der Waals surface area contributed by atoms with Crippen molar-refractivity contribution in [3.63, 3.8) is 0 Å². The first kappa shape index (κ1) is 11.5. The smallest absolute Gasteiger partial charge is 0.115 e. The monoisotopic (exact) mass is 259 g/mol. The van der Waals surface area contributed by atoms with Gasteiger partial charge >= 0.3 is 0 Å². The fourth-order valence-electron chi connectivity index (χ4n) is 2.38. The standard InChI is InChI=1S/C14H14ClN3/c15-12-3-1-2-10(4-12)11-5-13(6-11)18-14-7-16-9-17-8-14/h1-4,7-9,11,13,18H,5-6H2. The number of anilines is 1. The van der Waals surface area contributed by atoms with E-state index in [-0.39, 0.29) is 0 Å². The molecule has 2 aromatic rings. The summed E-state index contributed by atoms with van der Waals surface area (Å²) < 4.78 is 0. The molecule has 1 aliphatic carbocycles. The fourth-order valence-corrected chi connectivity index (χ4v) is 2.58. The molecule has 0 amide bonds. The second-order valence-corrected chi connectivity index (χ2v) is 5.13. The van der Waals surface area contributed by atoms with Gasteiger partial charge in [-0.05, 0) is 36.5 Å². The third-order valence-electron chi connectivity index (χ3n) is 3.39. The highest BCUT2D eigenvalue weighted by molar-refractivity contribution is 6.30. The van der Waals surface area contributed by atoms with Crippen LogP contribution < -0.4 is 5.32 Å². The maximum absolute atomic E-state index is 6.00. The molecular formula is C14H14ClN3. The summed E-state index contributed by atoms with van der Waals surface area (Å²) in [5.74, 6) is 0.617. The lowest BCUT2D eigenvalue weighted by Gasteiger charge is -2.36. The van der Waals surface area contributed by atoms with E-state index in [1.54, 1.807) is 18.7 Å². The Morgan fingerprint density at radius 1 is 1.17 bits per heavy atom. The molecule has 0 spiro atoms. The molecule has 92 valence electrons. The normalized spacial score (nSPS) is 22.3. The van der Waals surface area contributed by atoms with Gasteiger partial charge in [-0.15, -0.1) is 0 Å². The van der Waals surface area contributed by atoms with Gasteiger partial charge in [-0.3, -0.25) is 0 Å². The van der Waals surface area contributed by atoms with Crippen LogP contribution in [-0.2, 0) is 0 Å². The minimum atomic E-state index is 0.514. The first-order chi connectivity index (χ1) is 8.81. The van der Waals surface area contributed by atoms with E-state index in [9.17, 15) is 0 Å². The topological polar surface area (TPSA) is 37.8 Å². The summed E-state index contributed by atoms with van der Waals surface area (Å²) in [7, 11) is 0. The van der Waals surface area contributed by atoms with E-state index >= 15 is 0 Å². The van der Waals surface area contributed by atoms with Crippen LogP contribution in [0.3, 0.4) is 0 Å². The van der Waals surface area contributed by atoms with Gasteiger partial charge in [0.25, 0.3) is 0 Å². The van der Waals surface area contributed by atoms with Crippen molar-refractivity contribution in [3.8, 4) is 0 Å². The van der Waals surface area contributed by atoms with E-state index in [4.69, 9.17) is 11.6 Å². The molecule has 0 bridgehead atoms. The van der Waals surface area contributed by atoms with Gasteiger partial charge in [-0.1, -0.05) is 23.7 Å². The van der Waals surface area contributed by atoms with Crippen molar-refractivity contribution in [1.29, 1.82) is 0 Å². The molecule has 1 aromatic heterocycles.